The number of sulfonamides is 1. The van der Waals surface area contributed by atoms with Crippen LogP contribution in [0.2, 0.25) is 0 Å². The molecule has 0 aliphatic carbocycles. The maximum atomic E-state index is 12.2. The fourth-order valence-electron chi connectivity index (χ4n) is 1.66. The Balaban J connectivity index is 2.33. The van der Waals surface area contributed by atoms with Gasteiger partial charge >= 0.3 is 0 Å². The molecule has 2 rings (SSSR count). The lowest BCUT2D eigenvalue weighted by atomic mass is 10.1. The highest BCUT2D eigenvalue weighted by molar-refractivity contribution is 7.92. The highest BCUT2D eigenvalue weighted by Crippen LogP contribution is 2.24. The van der Waals surface area contributed by atoms with Crippen LogP contribution in [0.5, 0.6) is 0 Å². The van der Waals surface area contributed by atoms with E-state index in [1.54, 1.807) is 11.4 Å². The predicted octanol–water partition coefficient (Wildman–Crippen LogP) is 2.62. The van der Waals surface area contributed by atoms with Crippen molar-refractivity contribution < 1.29 is 8.42 Å². The third kappa shape index (κ3) is 3.15. The molecule has 0 atom stereocenters. The van der Waals surface area contributed by atoms with E-state index in [1.165, 1.54) is 11.3 Å². The molecule has 0 unspecified atom stereocenters. The summed E-state index contributed by atoms with van der Waals surface area (Å²) < 4.78 is 27.1. The molecule has 4 nitrogen and oxygen atoms in total. The number of hydrogen-bond acceptors (Lipinski definition) is 4. The van der Waals surface area contributed by atoms with Gasteiger partial charge in [0.15, 0.2) is 0 Å². The number of benzene rings is 1. The van der Waals surface area contributed by atoms with Gasteiger partial charge in [-0.25, -0.2) is 8.42 Å². The summed E-state index contributed by atoms with van der Waals surface area (Å²) in [5.74, 6) is 0. The topological polar surface area (TPSA) is 72.2 Å². The van der Waals surface area contributed by atoms with E-state index in [4.69, 9.17) is 5.73 Å². The second-order valence-corrected chi connectivity index (χ2v) is 7.05. The van der Waals surface area contributed by atoms with Gasteiger partial charge in [-0.2, -0.15) is 0 Å². The number of anilines is 1. The summed E-state index contributed by atoms with van der Waals surface area (Å²) in [5, 5.41) is 1.61. The van der Waals surface area contributed by atoms with Crippen LogP contribution in [0.15, 0.2) is 34.5 Å². The first kappa shape index (κ1) is 14.0. The Bertz CT molecular complexity index is 690. The molecular formula is C13H16N2O2S2. The van der Waals surface area contributed by atoms with Gasteiger partial charge in [0.2, 0.25) is 0 Å². The van der Waals surface area contributed by atoms with E-state index in [0.717, 1.165) is 16.0 Å². The van der Waals surface area contributed by atoms with Crippen molar-refractivity contribution in [3.8, 4) is 0 Å². The van der Waals surface area contributed by atoms with Crippen LogP contribution >= 0.6 is 11.3 Å². The Kier molecular flexibility index (Phi) is 3.93. The van der Waals surface area contributed by atoms with E-state index in [0.29, 0.717) is 12.2 Å². The normalized spacial score (nSPS) is 11.5. The minimum atomic E-state index is -3.54. The van der Waals surface area contributed by atoms with E-state index in [1.807, 2.05) is 32.0 Å². The van der Waals surface area contributed by atoms with Gasteiger partial charge in [0.25, 0.3) is 10.0 Å². The number of aryl methyl sites for hydroxylation is 2. The predicted molar refractivity (Wildman–Crippen MR) is 78.9 cm³/mol. The maximum absolute atomic E-state index is 12.2. The first-order chi connectivity index (χ1) is 8.92. The minimum absolute atomic E-state index is 0.263. The van der Waals surface area contributed by atoms with Crippen LogP contribution in [0.1, 0.15) is 16.0 Å². The molecule has 0 fully saturated rings. The second kappa shape index (κ2) is 5.32. The van der Waals surface area contributed by atoms with Crippen molar-refractivity contribution in [1.82, 2.24) is 0 Å². The summed E-state index contributed by atoms with van der Waals surface area (Å²) in [7, 11) is -3.54. The van der Waals surface area contributed by atoms with Gasteiger partial charge in [-0.15, -0.1) is 11.3 Å². The molecule has 0 radical (unpaired) electrons. The zero-order valence-electron chi connectivity index (χ0n) is 10.8. The first-order valence-electron chi connectivity index (χ1n) is 5.80. The van der Waals surface area contributed by atoms with Gasteiger partial charge in [-0.05, 0) is 37.1 Å². The smallest absolute Gasteiger partial charge is 0.262 e. The average Bonchev–Trinajstić information content (AvgIpc) is 2.83. The lowest BCUT2D eigenvalue weighted by molar-refractivity contribution is 0.601. The van der Waals surface area contributed by atoms with Crippen molar-refractivity contribution in [3.63, 3.8) is 0 Å². The van der Waals surface area contributed by atoms with Crippen LogP contribution in [0.25, 0.3) is 0 Å². The molecule has 0 spiro atoms. The lowest BCUT2D eigenvalue weighted by Gasteiger charge is -2.10. The zero-order chi connectivity index (χ0) is 14.0. The first-order valence-corrected chi connectivity index (χ1v) is 8.16. The van der Waals surface area contributed by atoms with Gasteiger partial charge in [0.1, 0.15) is 0 Å². The average molecular weight is 296 g/mol. The van der Waals surface area contributed by atoms with Crippen LogP contribution in [0, 0.1) is 13.8 Å². The summed E-state index contributed by atoms with van der Waals surface area (Å²) in [4.78, 5) is 1.11. The van der Waals surface area contributed by atoms with Crippen LogP contribution in [-0.4, -0.2) is 8.42 Å². The number of nitrogens with one attached hydrogen (secondary N) is 1. The molecule has 0 aliphatic rings. The molecular weight excluding hydrogens is 280 g/mol. The largest absolute Gasteiger partial charge is 0.326 e. The highest BCUT2D eigenvalue weighted by Gasteiger charge is 2.17. The highest BCUT2D eigenvalue weighted by atomic mass is 32.2. The molecule has 0 bridgehead atoms. The Morgan fingerprint density at radius 3 is 2.63 bits per heavy atom. The molecule has 6 heteroatoms. The van der Waals surface area contributed by atoms with Crippen molar-refractivity contribution in [3.05, 3.63) is 45.6 Å². The summed E-state index contributed by atoms with van der Waals surface area (Å²) in [6, 6.07) is 7.28. The van der Waals surface area contributed by atoms with Crippen molar-refractivity contribution in [2.24, 2.45) is 5.73 Å². The SMILES string of the molecule is Cc1ccc(C)c(NS(=O)(=O)c2csc(CN)c2)c1. The Morgan fingerprint density at radius 1 is 1.26 bits per heavy atom. The van der Waals surface area contributed by atoms with Gasteiger partial charge in [-0.3, -0.25) is 4.72 Å². The standard InChI is InChI=1S/C13H16N2O2S2/c1-9-3-4-10(2)13(5-9)15-19(16,17)12-6-11(7-14)18-8-12/h3-6,8,15H,7,14H2,1-2H3. The van der Waals surface area contributed by atoms with Crippen molar-refractivity contribution in [1.29, 1.82) is 0 Å². The van der Waals surface area contributed by atoms with E-state index in [2.05, 4.69) is 4.72 Å². The monoisotopic (exact) mass is 296 g/mol. The molecule has 1 heterocycles. The summed E-state index contributed by atoms with van der Waals surface area (Å²) in [6.07, 6.45) is 0. The van der Waals surface area contributed by atoms with E-state index in [-0.39, 0.29) is 4.90 Å². The van der Waals surface area contributed by atoms with Gasteiger partial charge in [0.05, 0.1) is 10.6 Å². The van der Waals surface area contributed by atoms with Crippen LogP contribution in [0.3, 0.4) is 0 Å². The maximum Gasteiger partial charge on any atom is 0.262 e. The van der Waals surface area contributed by atoms with Crippen molar-refractivity contribution in [2.75, 3.05) is 4.72 Å². The molecule has 1 aromatic carbocycles. The van der Waals surface area contributed by atoms with E-state index >= 15 is 0 Å². The molecule has 0 amide bonds. The van der Waals surface area contributed by atoms with Crippen LogP contribution in [-0.2, 0) is 16.6 Å². The molecule has 1 aromatic heterocycles. The van der Waals surface area contributed by atoms with Gasteiger partial charge in [-0.1, -0.05) is 12.1 Å². The Labute approximate surface area is 117 Å². The Morgan fingerprint density at radius 2 is 2.00 bits per heavy atom. The third-order valence-corrected chi connectivity index (χ3v) is 5.23. The Hall–Kier alpha value is -1.37. The number of thiophene rings is 1. The molecule has 2 aromatic rings. The second-order valence-electron chi connectivity index (χ2n) is 4.38. The van der Waals surface area contributed by atoms with E-state index in [9.17, 15) is 8.42 Å². The summed E-state index contributed by atoms with van der Waals surface area (Å²) in [5.41, 5.74) is 8.01. The van der Waals surface area contributed by atoms with Crippen molar-refractivity contribution >= 4 is 27.0 Å². The molecule has 3 N–H and O–H groups in total. The molecule has 19 heavy (non-hydrogen) atoms. The summed E-state index contributed by atoms with van der Waals surface area (Å²) >= 11 is 1.35. The molecule has 0 aliphatic heterocycles. The van der Waals surface area contributed by atoms with E-state index < -0.39 is 10.0 Å². The fraction of sp³-hybridized carbons (Fsp3) is 0.231. The van der Waals surface area contributed by atoms with Gasteiger partial charge < -0.3 is 5.73 Å². The third-order valence-electron chi connectivity index (χ3n) is 2.78. The zero-order valence-corrected chi connectivity index (χ0v) is 12.4. The summed E-state index contributed by atoms with van der Waals surface area (Å²) in [6.45, 7) is 4.15. The van der Waals surface area contributed by atoms with Crippen molar-refractivity contribution in [2.45, 2.75) is 25.3 Å². The molecule has 0 saturated heterocycles. The quantitative estimate of drug-likeness (QED) is 0.911. The lowest BCUT2D eigenvalue weighted by Crippen LogP contribution is -2.13. The molecule has 102 valence electrons. The van der Waals surface area contributed by atoms with Crippen LogP contribution < -0.4 is 10.5 Å². The minimum Gasteiger partial charge on any atom is -0.326 e. The molecule has 0 saturated carbocycles. The number of nitrogens with two attached hydrogens (primary N) is 1. The number of hydrogen-bond donors (Lipinski definition) is 2. The van der Waals surface area contributed by atoms with Gasteiger partial charge in [0, 0.05) is 16.8 Å². The van der Waals surface area contributed by atoms with Crippen LogP contribution in [0.4, 0.5) is 5.69 Å². The fourth-order valence-corrected chi connectivity index (χ4v) is 3.94. The number of rotatable bonds is 4.